The van der Waals surface area contributed by atoms with Crippen molar-refractivity contribution in [3.05, 3.63) is 35.9 Å². The molecule has 0 radical (unpaired) electrons. The molecule has 1 heterocycles. The number of hydrogen-bond donors (Lipinski definition) is 1. The number of nitrogens with zero attached hydrogens (tertiary/aromatic N) is 2. The van der Waals surface area contributed by atoms with Gasteiger partial charge in [0.15, 0.2) is 0 Å². The van der Waals surface area contributed by atoms with Gasteiger partial charge in [0.25, 0.3) is 0 Å². The second-order valence-corrected chi connectivity index (χ2v) is 7.71. The molecule has 1 N–H and O–H groups in total. The molecule has 0 spiro atoms. The quantitative estimate of drug-likeness (QED) is 0.848. The van der Waals surface area contributed by atoms with E-state index in [9.17, 15) is 18.0 Å². The Hall–Kier alpha value is -1.60. The van der Waals surface area contributed by atoms with E-state index < -0.39 is 12.1 Å². The van der Waals surface area contributed by atoms with Gasteiger partial charge in [-0.05, 0) is 18.4 Å². The number of carbonyl (C=O) groups is 1. The largest absolute Gasteiger partial charge is 0.471 e. The van der Waals surface area contributed by atoms with Crippen molar-refractivity contribution in [2.75, 3.05) is 32.7 Å². The van der Waals surface area contributed by atoms with Crippen LogP contribution in [0, 0.1) is 0 Å². The third-order valence-electron chi connectivity index (χ3n) is 5.91. The minimum Gasteiger partial charge on any atom is -0.346 e. The van der Waals surface area contributed by atoms with Crippen LogP contribution in [-0.2, 0) is 11.3 Å². The van der Waals surface area contributed by atoms with Crippen molar-refractivity contribution in [3.63, 3.8) is 0 Å². The van der Waals surface area contributed by atoms with Crippen LogP contribution in [0.5, 0.6) is 0 Å². The normalized spacial score (nSPS) is 21.7. The van der Waals surface area contributed by atoms with Crippen molar-refractivity contribution in [2.24, 2.45) is 0 Å². The molecule has 1 aromatic rings. The van der Waals surface area contributed by atoms with E-state index in [4.69, 9.17) is 0 Å². The summed E-state index contributed by atoms with van der Waals surface area (Å²) in [6, 6.07) is 10.3. The molecular formula is C20H28F3N3O. The van der Waals surface area contributed by atoms with Crippen molar-refractivity contribution >= 4 is 5.91 Å². The van der Waals surface area contributed by atoms with Crippen molar-refractivity contribution in [3.8, 4) is 0 Å². The summed E-state index contributed by atoms with van der Waals surface area (Å²) >= 11 is 0. The molecule has 1 aliphatic heterocycles. The first-order valence-corrected chi connectivity index (χ1v) is 9.75. The van der Waals surface area contributed by atoms with Gasteiger partial charge in [-0.15, -0.1) is 0 Å². The summed E-state index contributed by atoms with van der Waals surface area (Å²) in [7, 11) is 0. The van der Waals surface area contributed by atoms with Gasteiger partial charge in [0.1, 0.15) is 0 Å². The fourth-order valence-electron chi connectivity index (χ4n) is 4.38. The lowest BCUT2D eigenvalue weighted by Gasteiger charge is -2.50. The van der Waals surface area contributed by atoms with E-state index >= 15 is 0 Å². The first-order valence-electron chi connectivity index (χ1n) is 9.75. The molecular weight excluding hydrogens is 355 g/mol. The average molecular weight is 383 g/mol. The van der Waals surface area contributed by atoms with E-state index in [2.05, 4.69) is 27.2 Å². The summed E-state index contributed by atoms with van der Waals surface area (Å²) < 4.78 is 37.8. The Bertz CT molecular complexity index is 607. The maximum atomic E-state index is 12.6. The van der Waals surface area contributed by atoms with Crippen LogP contribution in [-0.4, -0.2) is 60.1 Å². The number of carbonyl (C=O) groups excluding carboxylic acids is 1. The Morgan fingerprint density at radius 3 is 2.22 bits per heavy atom. The van der Waals surface area contributed by atoms with Gasteiger partial charge < -0.3 is 5.32 Å². The number of alkyl halides is 3. The Balaban J connectivity index is 1.58. The molecule has 150 valence electrons. The Kier molecular flexibility index (Phi) is 6.42. The number of piperazine rings is 1. The minimum absolute atomic E-state index is 0.0873. The fraction of sp³-hybridized carbons (Fsp3) is 0.650. The smallest absolute Gasteiger partial charge is 0.346 e. The highest BCUT2D eigenvalue weighted by molar-refractivity contribution is 5.81. The molecule has 0 atom stereocenters. The molecule has 2 fully saturated rings. The molecule has 1 aromatic carbocycles. The summed E-state index contributed by atoms with van der Waals surface area (Å²) in [5.41, 5.74) is 0.939. The second kappa shape index (κ2) is 8.61. The summed E-state index contributed by atoms with van der Waals surface area (Å²) in [5, 5.41) is 2.16. The molecule has 0 aromatic heterocycles. The molecule has 1 amide bonds. The average Bonchev–Trinajstić information content (AvgIpc) is 2.67. The number of hydrogen-bond acceptors (Lipinski definition) is 3. The standard InChI is InChI=1S/C20H28F3N3O/c21-20(22,23)18(27)24-16-19(9-5-2-6-10-19)26-13-11-25(12-14-26)15-17-7-3-1-4-8-17/h1,3-4,7-8H,2,5-6,9-16H2,(H,24,27). The maximum absolute atomic E-state index is 12.6. The highest BCUT2D eigenvalue weighted by Gasteiger charge is 2.43. The van der Waals surface area contributed by atoms with Gasteiger partial charge in [-0.2, -0.15) is 13.2 Å². The van der Waals surface area contributed by atoms with Crippen molar-refractivity contribution in [2.45, 2.75) is 50.4 Å². The lowest BCUT2D eigenvalue weighted by molar-refractivity contribution is -0.174. The van der Waals surface area contributed by atoms with E-state index in [0.717, 1.165) is 64.8 Å². The summed E-state index contributed by atoms with van der Waals surface area (Å²) in [5.74, 6) is -1.82. The first-order chi connectivity index (χ1) is 12.9. The summed E-state index contributed by atoms with van der Waals surface area (Å²) in [6.45, 7) is 4.42. The molecule has 0 unspecified atom stereocenters. The highest BCUT2D eigenvalue weighted by Crippen LogP contribution is 2.34. The lowest BCUT2D eigenvalue weighted by atomic mass is 9.79. The first kappa shape index (κ1) is 20.1. The Morgan fingerprint density at radius 1 is 1.00 bits per heavy atom. The number of benzene rings is 1. The van der Waals surface area contributed by atoms with Gasteiger partial charge >= 0.3 is 12.1 Å². The van der Waals surface area contributed by atoms with Crippen LogP contribution in [0.25, 0.3) is 0 Å². The molecule has 7 heteroatoms. The predicted octanol–water partition coefficient (Wildman–Crippen LogP) is 3.19. The maximum Gasteiger partial charge on any atom is 0.471 e. The summed E-state index contributed by atoms with van der Waals surface area (Å²) in [6.07, 6.45) is 0.0130. The van der Waals surface area contributed by atoms with Crippen LogP contribution in [0.3, 0.4) is 0 Å². The topological polar surface area (TPSA) is 35.6 Å². The van der Waals surface area contributed by atoms with Crippen LogP contribution in [0.15, 0.2) is 30.3 Å². The fourth-order valence-corrected chi connectivity index (χ4v) is 4.38. The molecule has 1 saturated carbocycles. The van der Waals surface area contributed by atoms with E-state index in [1.165, 1.54) is 5.56 Å². The van der Waals surface area contributed by atoms with E-state index in [1.54, 1.807) is 0 Å². The van der Waals surface area contributed by atoms with Gasteiger partial charge in [0.2, 0.25) is 0 Å². The molecule has 0 bridgehead atoms. The van der Waals surface area contributed by atoms with Crippen molar-refractivity contribution < 1.29 is 18.0 Å². The van der Waals surface area contributed by atoms with Crippen molar-refractivity contribution in [1.29, 1.82) is 0 Å². The molecule has 27 heavy (non-hydrogen) atoms. The van der Waals surface area contributed by atoms with E-state index in [-0.39, 0.29) is 12.1 Å². The molecule has 3 rings (SSSR count). The van der Waals surface area contributed by atoms with Crippen LogP contribution in [0.2, 0.25) is 0 Å². The zero-order valence-electron chi connectivity index (χ0n) is 15.6. The lowest BCUT2D eigenvalue weighted by Crippen LogP contribution is -2.62. The number of rotatable bonds is 5. The van der Waals surface area contributed by atoms with Gasteiger partial charge in [-0.3, -0.25) is 14.6 Å². The van der Waals surface area contributed by atoms with E-state index in [0.29, 0.717) is 0 Å². The van der Waals surface area contributed by atoms with Gasteiger partial charge in [-0.1, -0.05) is 49.6 Å². The highest BCUT2D eigenvalue weighted by atomic mass is 19.4. The third-order valence-corrected chi connectivity index (χ3v) is 5.91. The molecule has 1 saturated heterocycles. The number of amides is 1. The monoisotopic (exact) mass is 383 g/mol. The summed E-state index contributed by atoms with van der Waals surface area (Å²) in [4.78, 5) is 16.0. The number of halogens is 3. The minimum atomic E-state index is -4.82. The van der Waals surface area contributed by atoms with E-state index in [1.807, 2.05) is 18.2 Å². The predicted molar refractivity (Wildman–Crippen MR) is 98.2 cm³/mol. The third kappa shape index (κ3) is 5.23. The van der Waals surface area contributed by atoms with Gasteiger partial charge in [0, 0.05) is 44.8 Å². The van der Waals surface area contributed by atoms with Gasteiger partial charge in [-0.25, -0.2) is 0 Å². The SMILES string of the molecule is O=C(NCC1(N2CCN(Cc3ccccc3)CC2)CCCCC1)C(F)(F)F. The van der Waals surface area contributed by atoms with Crippen molar-refractivity contribution in [1.82, 2.24) is 15.1 Å². The molecule has 1 aliphatic carbocycles. The molecule has 2 aliphatic rings. The van der Waals surface area contributed by atoms with Crippen LogP contribution < -0.4 is 5.32 Å². The van der Waals surface area contributed by atoms with Crippen LogP contribution in [0.1, 0.15) is 37.7 Å². The van der Waals surface area contributed by atoms with Gasteiger partial charge in [0.05, 0.1) is 0 Å². The molecule has 4 nitrogen and oxygen atoms in total. The zero-order chi connectivity index (χ0) is 19.3. The van der Waals surface area contributed by atoms with Crippen LogP contribution >= 0.6 is 0 Å². The van der Waals surface area contributed by atoms with Crippen LogP contribution in [0.4, 0.5) is 13.2 Å². The second-order valence-electron chi connectivity index (χ2n) is 7.71. The number of nitrogens with one attached hydrogen (secondary N) is 1. The Morgan fingerprint density at radius 2 is 1.63 bits per heavy atom. The Labute approximate surface area is 158 Å². The zero-order valence-corrected chi connectivity index (χ0v) is 15.6.